The SMILES string of the molecule is CCCCCNc1nc(C)nc(OCCOC)c1[N+](=O)[O-]. The van der Waals surface area contributed by atoms with Crippen molar-refractivity contribution in [3.8, 4) is 5.88 Å². The Labute approximate surface area is 124 Å². The summed E-state index contributed by atoms with van der Waals surface area (Å²) in [5.74, 6) is 0.601. The molecule has 8 heteroatoms. The van der Waals surface area contributed by atoms with Crippen molar-refractivity contribution in [3.05, 3.63) is 15.9 Å². The number of methoxy groups -OCH3 is 1. The normalized spacial score (nSPS) is 10.4. The first-order valence-electron chi connectivity index (χ1n) is 6.98. The lowest BCUT2D eigenvalue weighted by Crippen LogP contribution is -2.12. The maximum atomic E-state index is 11.2. The number of nitrogens with zero attached hydrogens (tertiary/aromatic N) is 3. The van der Waals surface area contributed by atoms with Gasteiger partial charge in [-0.05, 0) is 13.3 Å². The Balaban J connectivity index is 2.90. The van der Waals surface area contributed by atoms with E-state index in [4.69, 9.17) is 9.47 Å². The molecule has 0 bridgehead atoms. The van der Waals surface area contributed by atoms with Crippen molar-refractivity contribution in [2.24, 2.45) is 0 Å². The summed E-state index contributed by atoms with van der Waals surface area (Å²) in [7, 11) is 1.53. The zero-order valence-electron chi connectivity index (χ0n) is 12.7. The fourth-order valence-corrected chi connectivity index (χ4v) is 1.73. The minimum absolute atomic E-state index is 0.0254. The average molecular weight is 298 g/mol. The van der Waals surface area contributed by atoms with Crippen molar-refractivity contribution in [2.75, 3.05) is 32.2 Å². The summed E-state index contributed by atoms with van der Waals surface area (Å²) in [4.78, 5) is 18.8. The second kappa shape index (κ2) is 9.06. The van der Waals surface area contributed by atoms with Crippen LogP contribution in [0, 0.1) is 17.0 Å². The highest BCUT2D eigenvalue weighted by molar-refractivity contribution is 5.61. The van der Waals surface area contributed by atoms with Crippen molar-refractivity contribution in [1.82, 2.24) is 9.97 Å². The molecule has 8 nitrogen and oxygen atoms in total. The number of hydrogen-bond donors (Lipinski definition) is 1. The van der Waals surface area contributed by atoms with Gasteiger partial charge < -0.3 is 14.8 Å². The van der Waals surface area contributed by atoms with E-state index in [9.17, 15) is 10.1 Å². The van der Waals surface area contributed by atoms with Gasteiger partial charge in [-0.2, -0.15) is 4.98 Å². The van der Waals surface area contributed by atoms with Crippen LogP contribution < -0.4 is 10.1 Å². The topological polar surface area (TPSA) is 99.4 Å². The summed E-state index contributed by atoms with van der Waals surface area (Å²) < 4.78 is 10.2. The molecule has 0 aromatic carbocycles. The van der Waals surface area contributed by atoms with Crippen molar-refractivity contribution in [2.45, 2.75) is 33.1 Å². The maximum Gasteiger partial charge on any atom is 0.372 e. The highest BCUT2D eigenvalue weighted by atomic mass is 16.6. The third-order valence-electron chi connectivity index (χ3n) is 2.75. The molecule has 1 heterocycles. The maximum absolute atomic E-state index is 11.2. The van der Waals surface area contributed by atoms with Gasteiger partial charge in [0.05, 0.1) is 11.5 Å². The number of aryl methyl sites for hydroxylation is 1. The van der Waals surface area contributed by atoms with Gasteiger partial charge in [0.15, 0.2) is 0 Å². The third kappa shape index (κ3) is 5.50. The van der Waals surface area contributed by atoms with Crippen molar-refractivity contribution in [3.63, 3.8) is 0 Å². The molecule has 0 aliphatic rings. The summed E-state index contributed by atoms with van der Waals surface area (Å²) >= 11 is 0. The standard InChI is InChI=1S/C13H22N4O4/c1-4-5-6-7-14-12-11(17(18)19)13(16-10(2)15-12)21-9-8-20-3/h4-9H2,1-3H3,(H,14,15,16). The number of ether oxygens (including phenoxy) is 2. The molecule has 0 saturated carbocycles. The number of anilines is 1. The molecular weight excluding hydrogens is 276 g/mol. The lowest BCUT2D eigenvalue weighted by molar-refractivity contribution is -0.385. The zero-order valence-corrected chi connectivity index (χ0v) is 12.7. The van der Waals surface area contributed by atoms with E-state index in [2.05, 4.69) is 22.2 Å². The summed E-state index contributed by atoms with van der Waals surface area (Å²) in [6, 6.07) is 0. The van der Waals surface area contributed by atoms with E-state index in [1.165, 1.54) is 7.11 Å². The van der Waals surface area contributed by atoms with Crippen LogP contribution in [0.1, 0.15) is 32.0 Å². The van der Waals surface area contributed by atoms with Crippen LogP contribution in [-0.4, -0.2) is 41.8 Å². The fourth-order valence-electron chi connectivity index (χ4n) is 1.73. The monoisotopic (exact) mass is 298 g/mol. The van der Waals surface area contributed by atoms with Gasteiger partial charge in [0, 0.05) is 13.7 Å². The molecule has 0 fully saturated rings. The quantitative estimate of drug-likeness (QED) is 0.402. The molecule has 1 rings (SSSR count). The molecule has 0 unspecified atom stereocenters. The highest BCUT2D eigenvalue weighted by Crippen LogP contribution is 2.31. The summed E-state index contributed by atoms with van der Waals surface area (Å²) in [5, 5.41) is 14.2. The highest BCUT2D eigenvalue weighted by Gasteiger charge is 2.25. The molecule has 0 aliphatic carbocycles. The summed E-state index contributed by atoms with van der Waals surface area (Å²) in [5.41, 5.74) is -0.229. The number of nitrogens with one attached hydrogen (secondary N) is 1. The van der Waals surface area contributed by atoms with E-state index in [1.54, 1.807) is 6.92 Å². The van der Waals surface area contributed by atoms with Gasteiger partial charge in [-0.25, -0.2) is 4.98 Å². The van der Waals surface area contributed by atoms with E-state index >= 15 is 0 Å². The van der Waals surface area contributed by atoms with Crippen LogP contribution in [0.15, 0.2) is 0 Å². The van der Waals surface area contributed by atoms with Crippen LogP contribution in [0.4, 0.5) is 11.5 Å². The Hall–Kier alpha value is -1.96. The van der Waals surface area contributed by atoms with Crippen LogP contribution in [0.2, 0.25) is 0 Å². The van der Waals surface area contributed by atoms with Gasteiger partial charge in [0.2, 0.25) is 5.82 Å². The second-order valence-electron chi connectivity index (χ2n) is 4.51. The lowest BCUT2D eigenvalue weighted by Gasteiger charge is -2.10. The number of aromatic nitrogens is 2. The number of unbranched alkanes of at least 4 members (excludes halogenated alkanes) is 2. The van der Waals surface area contributed by atoms with Crippen LogP contribution in [0.25, 0.3) is 0 Å². The van der Waals surface area contributed by atoms with Crippen LogP contribution in [0.3, 0.4) is 0 Å². The molecule has 21 heavy (non-hydrogen) atoms. The summed E-state index contributed by atoms with van der Waals surface area (Å²) in [6.07, 6.45) is 3.07. The predicted octanol–water partition coefficient (Wildman–Crippen LogP) is 2.32. The van der Waals surface area contributed by atoms with Gasteiger partial charge in [-0.1, -0.05) is 19.8 Å². The molecule has 0 spiro atoms. The first-order chi connectivity index (χ1) is 10.1. The van der Waals surface area contributed by atoms with Crippen molar-refractivity contribution < 1.29 is 14.4 Å². The van der Waals surface area contributed by atoms with Crippen molar-refractivity contribution >= 4 is 11.5 Å². The molecule has 0 amide bonds. The average Bonchev–Trinajstić information content (AvgIpc) is 2.43. The summed E-state index contributed by atoms with van der Waals surface area (Å²) in [6.45, 7) is 4.92. The zero-order chi connectivity index (χ0) is 15.7. The largest absolute Gasteiger partial charge is 0.470 e. The van der Waals surface area contributed by atoms with Crippen LogP contribution in [-0.2, 0) is 4.74 Å². The number of nitro groups is 1. The Kier molecular flexibility index (Phi) is 7.38. The first-order valence-corrected chi connectivity index (χ1v) is 6.98. The molecule has 0 saturated heterocycles. The van der Waals surface area contributed by atoms with E-state index in [-0.39, 0.29) is 24.0 Å². The minimum Gasteiger partial charge on any atom is -0.470 e. The Bertz CT molecular complexity index is 468. The second-order valence-corrected chi connectivity index (χ2v) is 4.51. The molecule has 118 valence electrons. The van der Waals surface area contributed by atoms with Gasteiger partial charge in [-0.15, -0.1) is 0 Å². The van der Waals surface area contributed by atoms with Gasteiger partial charge in [-0.3, -0.25) is 10.1 Å². The number of rotatable bonds is 10. The Morgan fingerprint density at radius 2 is 2.05 bits per heavy atom. The predicted molar refractivity (Wildman–Crippen MR) is 78.8 cm³/mol. The van der Waals surface area contributed by atoms with E-state index in [0.717, 1.165) is 19.3 Å². The molecule has 1 aromatic heterocycles. The van der Waals surface area contributed by atoms with Crippen LogP contribution in [0.5, 0.6) is 5.88 Å². The van der Waals surface area contributed by atoms with E-state index < -0.39 is 4.92 Å². The van der Waals surface area contributed by atoms with Crippen LogP contribution >= 0.6 is 0 Å². The Morgan fingerprint density at radius 3 is 2.67 bits per heavy atom. The van der Waals surface area contributed by atoms with Gasteiger partial charge >= 0.3 is 5.69 Å². The molecule has 0 aliphatic heterocycles. The lowest BCUT2D eigenvalue weighted by atomic mass is 10.2. The number of hydrogen-bond acceptors (Lipinski definition) is 7. The van der Waals surface area contributed by atoms with Crippen molar-refractivity contribution in [1.29, 1.82) is 0 Å². The smallest absolute Gasteiger partial charge is 0.372 e. The minimum atomic E-state index is -0.524. The molecular formula is C13H22N4O4. The molecule has 0 radical (unpaired) electrons. The molecule has 1 aromatic rings. The van der Waals surface area contributed by atoms with E-state index in [0.29, 0.717) is 19.0 Å². The molecule has 0 atom stereocenters. The fraction of sp³-hybridized carbons (Fsp3) is 0.692. The van der Waals surface area contributed by atoms with E-state index in [1.807, 2.05) is 0 Å². The van der Waals surface area contributed by atoms with Gasteiger partial charge in [0.25, 0.3) is 5.88 Å². The Morgan fingerprint density at radius 1 is 1.29 bits per heavy atom. The molecule has 1 N–H and O–H groups in total. The third-order valence-corrected chi connectivity index (χ3v) is 2.75. The first kappa shape index (κ1) is 17.1. The van der Waals surface area contributed by atoms with Gasteiger partial charge in [0.1, 0.15) is 12.4 Å².